The van der Waals surface area contributed by atoms with Crippen molar-refractivity contribution in [3.8, 4) is 0 Å². The van der Waals surface area contributed by atoms with E-state index in [9.17, 15) is 24.3 Å². The van der Waals surface area contributed by atoms with Crippen LogP contribution >= 0.6 is 0 Å². The van der Waals surface area contributed by atoms with Crippen LogP contribution in [0.1, 0.15) is 37.7 Å². The molecule has 1 aromatic rings. The zero-order chi connectivity index (χ0) is 23.3. The van der Waals surface area contributed by atoms with E-state index in [-0.39, 0.29) is 31.3 Å². The van der Waals surface area contributed by atoms with Gasteiger partial charge in [-0.05, 0) is 50.8 Å². The first-order valence-corrected chi connectivity index (χ1v) is 11.0. The van der Waals surface area contributed by atoms with E-state index in [0.717, 1.165) is 18.5 Å². The molecule has 0 spiro atoms. The van der Waals surface area contributed by atoms with Gasteiger partial charge in [0.2, 0.25) is 17.7 Å². The zero-order valence-corrected chi connectivity index (χ0v) is 18.1. The summed E-state index contributed by atoms with van der Waals surface area (Å²) in [6.45, 7) is 0.934. The molecule has 0 bridgehead atoms. The fraction of sp³-hybridized carbons (Fsp3) is 0.545. The highest BCUT2D eigenvalue weighted by Gasteiger charge is 2.27. The minimum Gasteiger partial charge on any atom is -0.480 e. The Kier molecular flexibility index (Phi) is 10.6. The number of hydrogen-bond donors (Lipinski definition) is 6. The lowest BCUT2D eigenvalue weighted by atomic mass is 10.0. The molecule has 1 heterocycles. The quantitative estimate of drug-likeness (QED) is 0.217. The van der Waals surface area contributed by atoms with Gasteiger partial charge in [-0.15, -0.1) is 0 Å². The Balaban J connectivity index is 1.98. The van der Waals surface area contributed by atoms with Gasteiger partial charge in [0, 0.05) is 6.42 Å². The normalized spacial score (nSPS) is 17.2. The number of aliphatic carboxylic acids is 1. The van der Waals surface area contributed by atoms with Crippen LogP contribution in [0.3, 0.4) is 0 Å². The third kappa shape index (κ3) is 8.64. The molecule has 3 atom stereocenters. The van der Waals surface area contributed by atoms with Crippen molar-refractivity contribution in [1.29, 1.82) is 0 Å². The molecule has 2 rings (SSSR count). The number of nitrogens with one attached hydrogen (secondary N) is 4. The minimum absolute atomic E-state index is 0.186. The summed E-state index contributed by atoms with van der Waals surface area (Å²) in [6, 6.07) is 6.73. The maximum atomic E-state index is 12.9. The van der Waals surface area contributed by atoms with E-state index >= 15 is 0 Å². The van der Waals surface area contributed by atoms with E-state index in [1.54, 1.807) is 0 Å². The average molecular weight is 448 g/mol. The van der Waals surface area contributed by atoms with Gasteiger partial charge in [0.1, 0.15) is 12.1 Å². The van der Waals surface area contributed by atoms with Crippen molar-refractivity contribution in [2.24, 2.45) is 5.73 Å². The summed E-state index contributed by atoms with van der Waals surface area (Å²) in [5, 5.41) is 20.2. The highest BCUT2D eigenvalue weighted by Crippen LogP contribution is 2.07. The van der Waals surface area contributed by atoms with Crippen LogP contribution in [0.4, 0.5) is 0 Å². The van der Waals surface area contributed by atoms with Gasteiger partial charge in [-0.1, -0.05) is 30.3 Å². The van der Waals surface area contributed by atoms with Gasteiger partial charge in [0.05, 0.1) is 12.6 Å². The molecule has 1 saturated heterocycles. The van der Waals surface area contributed by atoms with Crippen molar-refractivity contribution in [1.82, 2.24) is 21.3 Å². The molecule has 1 aliphatic heterocycles. The molecule has 3 unspecified atom stereocenters. The van der Waals surface area contributed by atoms with E-state index in [1.807, 2.05) is 30.3 Å². The van der Waals surface area contributed by atoms with Crippen LogP contribution < -0.4 is 27.0 Å². The van der Waals surface area contributed by atoms with Gasteiger partial charge in [-0.3, -0.25) is 14.4 Å². The maximum absolute atomic E-state index is 12.9. The standard InChI is InChI=1S/C22H33N5O5/c23-11-5-4-9-17(22(31)32)27-21(30)18(13-15-7-2-1-3-8-15)26-19(28)14-25-20(29)16-10-6-12-24-16/h1-3,7-8,16-18,24H,4-6,9-14,23H2,(H,25,29)(H,26,28)(H,27,30)(H,31,32). The summed E-state index contributed by atoms with van der Waals surface area (Å²) in [5.41, 5.74) is 6.26. The van der Waals surface area contributed by atoms with E-state index in [2.05, 4.69) is 21.3 Å². The molecule has 0 saturated carbocycles. The van der Waals surface area contributed by atoms with Crippen molar-refractivity contribution < 1.29 is 24.3 Å². The Bertz CT molecular complexity index is 767. The summed E-state index contributed by atoms with van der Waals surface area (Å²) in [7, 11) is 0. The van der Waals surface area contributed by atoms with Crippen LogP contribution in [0.15, 0.2) is 30.3 Å². The summed E-state index contributed by atoms with van der Waals surface area (Å²) >= 11 is 0. The first-order chi connectivity index (χ1) is 15.4. The van der Waals surface area contributed by atoms with E-state index < -0.39 is 29.9 Å². The second kappa shape index (κ2) is 13.4. The molecular formula is C22H33N5O5. The van der Waals surface area contributed by atoms with E-state index in [1.165, 1.54) is 0 Å². The predicted molar refractivity (Wildman–Crippen MR) is 119 cm³/mol. The number of amides is 3. The third-order valence-electron chi connectivity index (χ3n) is 5.30. The summed E-state index contributed by atoms with van der Waals surface area (Å²) in [4.78, 5) is 49.0. The van der Waals surface area contributed by atoms with Gasteiger partial charge >= 0.3 is 5.97 Å². The second-order valence-corrected chi connectivity index (χ2v) is 7.86. The molecule has 7 N–H and O–H groups in total. The van der Waals surface area contributed by atoms with E-state index in [0.29, 0.717) is 25.8 Å². The lowest BCUT2D eigenvalue weighted by Crippen LogP contribution is -2.54. The van der Waals surface area contributed by atoms with Crippen LogP contribution in [0, 0.1) is 0 Å². The van der Waals surface area contributed by atoms with Crippen molar-refractivity contribution in [3.05, 3.63) is 35.9 Å². The monoisotopic (exact) mass is 447 g/mol. The van der Waals surface area contributed by atoms with Crippen molar-refractivity contribution in [2.75, 3.05) is 19.6 Å². The molecule has 10 nitrogen and oxygen atoms in total. The lowest BCUT2D eigenvalue weighted by Gasteiger charge is -2.22. The number of carboxylic acids is 1. The molecule has 32 heavy (non-hydrogen) atoms. The second-order valence-electron chi connectivity index (χ2n) is 7.86. The Morgan fingerprint density at radius 2 is 1.84 bits per heavy atom. The van der Waals surface area contributed by atoms with Gasteiger partial charge in [0.15, 0.2) is 0 Å². The SMILES string of the molecule is NCCCCC(NC(=O)C(Cc1ccccc1)NC(=O)CNC(=O)C1CCCN1)C(=O)O. The first kappa shape index (κ1) is 25.3. The molecule has 176 valence electrons. The molecule has 1 aliphatic rings. The van der Waals surface area contributed by atoms with Gasteiger partial charge < -0.3 is 32.1 Å². The van der Waals surface area contributed by atoms with Crippen LogP contribution in [-0.4, -0.2) is 66.6 Å². The molecule has 10 heteroatoms. The van der Waals surface area contributed by atoms with Crippen molar-refractivity contribution in [3.63, 3.8) is 0 Å². The predicted octanol–water partition coefficient (Wildman–Crippen LogP) is -0.719. The first-order valence-electron chi connectivity index (χ1n) is 11.0. The topological polar surface area (TPSA) is 163 Å². The Labute approximate surface area is 187 Å². The Hall–Kier alpha value is -2.98. The summed E-state index contributed by atoms with van der Waals surface area (Å²) < 4.78 is 0. The number of hydrogen-bond acceptors (Lipinski definition) is 6. The number of carbonyl (C=O) groups excluding carboxylic acids is 3. The lowest BCUT2D eigenvalue weighted by molar-refractivity contribution is -0.142. The van der Waals surface area contributed by atoms with E-state index in [4.69, 9.17) is 5.73 Å². The smallest absolute Gasteiger partial charge is 0.326 e. The van der Waals surface area contributed by atoms with Gasteiger partial charge in [-0.25, -0.2) is 4.79 Å². The molecule has 1 fully saturated rings. The summed E-state index contributed by atoms with van der Waals surface area (Å²) in [6.07, 6.45) is 3.26. The molecule has 1 aromatic carbocycles. The van der Waals surface area contributed by atoms with Crippen LogP contribution in [0.25, 0.3) is 0 Å². The highest BCUT2D eigenvalue weighted by atomic mass is 16.4. The third-order valence-corrected chi connectivity index (χ3v) is 5.30. The fourth-order valence-electron chi connectivity index (χ4n) is 3.53. The Morgan fingerprint density at radius 1 is 1.09 bits per heavy atom. The van der Waals surface area contributed by atoms with Crippen LogP contribution in [-0.2, 0) is 25.6 Å². The van der Waals surface area contributed by atoms with Crippen molar-refractivity contribution >= 4 is 23.7 Å². The number of carbonyl (C=O) groups is 4. The number of carboxylic acid groups (broad SMARTS) is 1. The highest BCUT2D eigenvalue weighted by molar-refractivity contribution is 5.92. The molecule has 0 radical (unpaired) electrons. The largest absolute Gasteiger partial charge is 0.480 e. The average Bonchev–Trinajstić information content (AvgIpc) is 3.32. The molecular weight excluding hydrogens is 414 g/mol. The minimum atomic E-state index is -1.14. The van der Waals surface area contributed by atoms with Crippen LogP contribution in [0.2, 0.25) is 0 Å². The number of benzene rings is 1. The Morgan fingerprint density at radius 3 is 2.47 bits per heavy atom. The zero-order valence-electron chi connectivity index (χ0n) is 18.1. The fourth-order valence-corrected chi connectivity index (χ4v) is 3.53. The van der Waals surface area contributed by atoms with Crippen molar-refractivity contribution in [2.45, 2.75) is 56.7 Å². The van der Waals surface area contributed by atoms with Crippen LogP contribution in [0.5, 0.6) is 0 Å². The number of unbranched alkanes of at least 4 members (excludes halogenated alkanes) is 1. The molecule has 3 amide bonds. The maximum Gasteiger partial charge on any atom is 0.326 e. The molecule has 0 aliphatic carbocycles. The van der Waals surface area contributed by atoms with Gasteiger partial charge in [-0.2, -0.15) is 0 Å². The van der Waals surface area contributed by atoms with Gasteiger partial charge in [0.25, 0.3) is 0 Å². The number of rotatable bonds is 13. The summed E-state index contributed by atoms with van der Waals surface area (Å²) in [5.74, 6) is -2.52. The number of nitrogens with two attached hydrogens (primary N) is 1. The molecule has 0 aromatic heterocycles.